The van der Waals surface area contributed by atoms with E-state index >= 15 is 0 Å². The second-order valence-electron chi connectivity index (χ2n) is 2.95. The number of hydrogen-bond donors (Lipinski definition) is 1. The summed E-state index contributed by atoms with van der Waals surface area (Å²) in [6, 6.07) is -0.883. The van der Waals surface area contributed by atoms with Crippen LogP contribution in [0.25, 0.3) is 0 Å². The van der Waals surface area contributed by atoms with Crippen LogP contribution < -0.4 is 0 Å². The van der Waals surface area contributed by atoms with Crippen molar-refractivity contribution in [1.82, 2.24) is 4.90 Å². The van der Waals surface area contributed by atoms with Gasteiger partial charge < -0.3 is 19.5 Å². The summed E-state index contributed by atoms with van der Waals surface area (Å²) in [6.45, 7) is 0.632. The van der Waals surface area contributed by atoms with E-state index in [1.807, 2.05) is 0 Å². The fourth-order valence-corrected chi connectivity index (χ4v) is 1.31. The summed E-state index contributed by atoms with van der Waals surface area (Å²) in [6.07, 6.45) is 0. The maximum absolute atomic E-state index is 11.4. The van der Waals surface area contributed by atoms with Gasteiger partial charge in [-0.2, -0.15) is 0 Å². The number of rotatable bonds is 3. The monoisotopic (exact) mass is 203 g/mol. The molecule has 1 fully saturated rings. The van der Waals surface area contributed by atoms with Gasteiger partial charge in [0.15, 0.2) is 6.04 Å². The molecule has 0 aliphatic carbocycles. The molecule has 14 heavy (non-hydrogen) atoms. The minimum Gasteiger partial charge on any atom is -0.480 e. The Morgan fingerprint density at radius 3 is 2.93 bits per heavy atom. The first kappa shape index (κ1) is 10.9. The van der Waals surface area contributed by atoms with Crippen LogP contribution in [-0.4, -0.2) is 61.4 Å². The Kier molecular flexibility index (Phi) is 3.84. The Hall–Kier alpha value is -1.14. The summed E-state index contributed by atoms with van der Waals surface area (Å²) in [7, 11) is 1.40. The number of ether oxygens (including phenoxy) is 2. The molecule has 80 valence electrons. The van der Waals surface area contributed by atoms with Crippen molar-refractivity contribution in [2.45, 2.75) is 6.04 Å². The van der Waals surface area contributed by atoms with Crippen LogP contribution in [0.1, 0.15) is 0 Å². The fourth-order valence-electron chi connectivity index (χ4n) is 1.31. The van der Waals surface area contributed by atoms with Gasteiger partial charge in [0.25, 0.3) is 0 Å². The summed E-state index contributed by atoms with van der Waals surface area (Å²) < 4.78 is 9.65. The molecule has 1 atom stereocenters. The highest BCUT2D eigenvalue weighted by atomic mass is 16.5. The zero-order valence-electron chi connectivity index (χ0n) is 7.93. The van der Waals surface area contributed by atoms with E-state index in [2.05, 4.69) is 4.74 Å². The molecule has 0 saturated carbocycles. The Morgan fingerprint density at radius 2 is 2.36 bits per heavy atom. The van der Waals surface area contributed by atoms with Gasteiger partial charge in [-0.25, -0.2) is 4.79 Å². The van der Waals surface area contributed by atoms with Gasteiger partial charge in [0.05, 0.1) is 13.2 Å². The zero-order valence-corrected chi connectivity index (χ0v) is 7.93. The lowest BCUT2D eigenvalue weighted by molar-refractivity contribution is -0.159. The number of nitrogens with zero attached hydrogens (tertiary/aromatic N) is 1. The van der Waals surface area contributed by atoms with Gasteiger partial charge in [-0.15, -0.1) is 0 Å². The molecule has 6 heteroatoms. The molecule has 0 spiro atoms. The number of carboxylic acids is 1. The van der Waals surface area contributed by atoms with Crippen LogP contribution in [0.3, 0.4) is 0 Å². The number of carbonyl (C=O) groups excluding carboxylic acids is 1. The molecule has 1 aliphatic heterocycles. The van der Waals surface area contributed by atoms with Gasteiger partial charge in [-0.1, -0.05) is 0 Å². The van der Waals surface area contributed by atoms with Crippen molar-refractivity contribution < 1.29 is 24.2 Å². The minimum absolute atomic E-state index is 0.0464. The summed E-state index contributed by atoms with van der Waals surface area (Å²) in [4.78, 5) is 23.4. The third-order valence-electron chi connectivity index (χ3n) is 2.00. The van der Waals surface area contributed by atoms with Crippen LogP contribution in [-0.2, 0) is 19.1 Å². The van der Waals surface area contributed by atoms with Gasteiger partial charge in [-0.3, -0.25) is 4.79 Å². The fraction of sp³-hybridized carbons (Fsp3) is 0.750. The van der Waals surface area contributed by atoms with Crippen molar-refractivity contribution in [1.29, 1.82) is 0 Å². The average molecular weight is 203 g/mol. The lowest BCUT2D eigenvalue weighted by atomic mass is 10.2. The van der Waals surface area contributed by atoms with Crippen LogP contribution in [0.4, 0.5) is 0 Å². The largest absolute Gasteiger partial charge is 0.480 e. The Labute approximate surface area is 81.4 Å². The summed E-state index contributed by atoms with van der Waals surface area (Å²) >= 11 is 0. The second-order valence-corrected chi connectivity index (χ2v) is 2.95. The first-order valence-corrected chi connectivity index (χ1v) is 4.25. The Balaban J connectivity index is 2.62. The molecule has 0 radical (unpaired) electrons. The predicted octanol–water partition coefficient (Wildman–Crippen LogP) is -1.06. The highest BCUT2D eigenvalue weighted by Crippen LogP contribution is 2.07. The van der Waals surface area contributed by atoms with Crippen molar-refractivity contribution in [2.24, 2.45) is 0 Å². The molecule has 0 aromatic heterocycles. The first-order valence-electron chi connectivity index (χ1n) is 4.25. The van der Waals surface area contributed by atoms with Gasteiger partial charge in [0, 0.05) is 13.7 Å². The predicted molar refractivity (Wildman–Crippen MR) is 45.8 cm³/mol. The number of carbonyl (C=O) groups is 2. The average Bonchev–Trinajstić information content (AvgIpc) is 2.18. The molecule has 1 saturated heterocycles. The third kappa shape index (κ3) is 2.43. The van der Waals surface area contributed by atoms with E-state index in [0.717, 1.165) is 0 Å². The quantitative estimate of drug-likeness (QED) is 0.633. The normalized spacial score (nSPS) is 22.1. The van der Waals surface area contributed by atoms with Gasteiger partial charge in [0.1, 0.15) is 6.61 Å². The van der Waals surface area contributed by atoms with E-state index in [1.165, 1.54) is 12.0 Å². The summed E-state index contributed by atoms with van der Waals surface area (Å²) in [5.74, 6) is -1.36. The summed E-state index contributed by atoms with van der Waals surface area (Å²) in [5, 5.41) is 8.81. The van der Waals surface area contributed by atoms with Crippen LogP contribution >= 0.6 is 0 Å². The molecule has 1 heterocycles. The maximum atomic E-state index is 11.4. The topological polar surface area (TPSA) is 76.1 Å². The standard InChI is InChI=1S/C8H13NO5/c1-13-5-7(10)9-2-3-14-4-6(9)8(11)12/h6H,2-5H2,1H3,(H,11,12)/t6-/m0/s1. The van der Waals surface area contributed by atoms with E-state index < -0.39 is 12.0 Å². The lowest BCUT2D eigenvalue weighted by Gasteiger charge is -2.32. The van der Waals surface area contributed by atoms with E-state index in [1.54, 1.807) is 0 Å². The minimum atomic E-state index is -1.05. The number of hydrogen-bond acceptors (Lipinski definition) is 4. The number of carboxylic acid groups (broad SMARTS) is 1. The van der Waals surface area contributed by atoms with Crippen molar-refractivity contribution in [3.05, 3.63) is 0 Å². The van der Waals surface area contributed by atoms with Crippen LogP contribution in [0.5, 0.6) is 0 Å². The molecule has 1 rings (SSSR count). The molecule has 0 aromatic rings. The zero-order chi connectivity index (χ0) is 10.6. The SMILES string of the molecule is COCC(=O)N1CCOC[C@H]1C(=O)O. The smallest absolute Gasteiger partial charge is 0.328 e. The van der Waals surface area contributed by atoms with Crippen molar-refractivity contribution in [3.63, 3.8) is 0 Å². The van der Waals surface area contributed by atoms with Gasteiger partial charge in [0.2, 0.25) is 5.91 Å². The van der Waals surface area contributed by atoms with E-state index in [-0.39, 0.29) is 19.1 Å². The van der Waals surface area contributed by atoms with Crippen LogP contribution in [0.2, 0.25) is 0 Å². The molecular formula is C8H13NO5. The molecule has 0 aromatic carbocycles. The highest BCUT2D eigenvalue weighted by Gasteiger charge is 2.32. The summed E-state index contributed by atoms with van der Waals surface area (Å²) in [5.41, 5.74) is 0. The van der Waals surface area contributed by atoms with Crippen molar-refractivity contribution >= 4 is 11.9 Å². The number of methoxy groups -OCH3 is 1. The number of amides is 1. The van der Waals surface area contributed by atoms with E-state index in [9.17, 15) is 9.59 Å². The van der Waals surface area contributed by atoms with Crippen LogP contribution in [0, 0.1) is 0 Å². The molecule has 6 nitrogen and oxygen atoms in total. The van der Waals surface area contributed by atoms with Gasteiger partial charge >= 0.3 is 5.97 Å². The molecule has 0 unspecified atom stereocenters. The maximum Gasteiger partial charge on any atom is 0.328 e. The number of aliphatic carboxylic acids is 1. The molecule has 0 bridgehead atoms. The first-order chi connectivity index (χ1) is 6.66. The van der Waals surface area contributed by atoms with E-state index in [0.29, 0.717) is 13.2 Å². The van der Waals surface area contributed by atoms with Crippen molar-refractivity contribution in [3.8, 4) is 0 Å². The second kappa shape index (κ2) is 4.92. The molecular weight excluding hydrogens is 190 g/mol. The highest BCUT2D eigenvalue weighted by molar-refractivity contribution is 5.84. The molecule has 1 N–H and O–H groups in total. The lowest BCUT2D eigenvalue weighted by Crippen LogP contribution is -2.53. The molecule has 1 amide bonds. The Bertz CT molecular complexity index is 230. The number of morpholine rings is 1. The van der Waals surface area contributed by atoms with Crippen LogP contribution in [0.15, 0.2) is 0 Å². The third-order valence-corrected chi connectivity index (χ3v) is 2.00. The van der Waals surface area contributed by atoms with E-state index in [4.69, 9.17) is 9.84 Å². The van der Waals surface area contributed by atoms with Gasteiger partial charge in [-0.05, 0) is 0 Å². The van der Waals surface area contributed by atoms with Crippen molar-refractivity contribution in [2.75, 3.05) is 33.5 Å². The molecule has 1 aliphatic rings. The Morgan fingerprint density at radius 1 is 1.64 bits per heavy atom.